The number of aryl methyl sites for hydroxylation is 1. The second kappa shape index (κ2) is 10.2. The highest BCUT2D eigenvalue weighted by Crippen LogP contribution is 2.28. The Morgan fingerprint density at radius 1 is 0.912 bits per heavy atom. The first kappa shape index (κ1) is 22.3. The minimum atomic E-state index is -0.0330. The van der Waals surface area contributed by atoms with Crippen LogP contribution in [0.1, 0.15) is 34.5 Å². The van der Waals surface area contributed by atoms with Crippen molar-refractivity contribution in [2.24, 2.45) is 0 Å². The van der Waals surface area contributed by atoms with Crippen molar-refractivity contribution in [1.29, 1.82) is 0 Å². The summed E-state index contributed by atoms with van der Waals surface area (Å²) in [6.07, 6.45) is 5.74. The largest absolute Gasteiger partial charge is 0.399 e. The van der Waals surface area contributed by atoms with E-state index in [0.717, 1.165) is 75.5 Å². The van der Waals surface area contributed by atoms with Gasteiger partial charge in [-0.25, -0.2) is 9.97 Å². The van der Waals surface area contributed by atoms with Crippen molar-refractivity contribution in [2.75, 3.05) is 54.8 Å². The van der Waals surface area contributed by atoms with Crippen molar-refractivity contribution in [3.63, 3.8) is 0 Å². The van der Waals surface area contributed by atoms with Gasteiger partial charge in [-0.3, -0.25) is 14.6 Å². The second-order valence-corrected chi connectivity index (χ2v) is 9.07. The van der Waals surface area contributed by atoms with Crippen molar-refractivity contribution in [3.05, 3.63) is 77.7 Å². The van der Waals surface area contributed by atoms with Gasteiger partial charge in [0.15, 0.2) is 0 Å². The van der Waals surface area contributed by atoms with Crippen LogP contribution in [0, 0.1) is 0 Å². The molecule has 1 amide bonds. The van der Waals surface area contributed by atoms with Crippen LogP contribution < -0.4 is 15.5 Å². The van der Waals surface area contributed by atoms with Crippen LogP contribution in [0.5, 0.6) is 0 Å². The molecular weight excluding hydrogens is 424 g/mol. The van der Waals surface area contributed by atoms with E-state index < -0.39 is 0 Å². The van der Waals surface area contributed by atoms with Crippen LogP contribution in [0.2, 0.25) is 0 Å². The molecule has 34 heavy (non-hydrogen) atoms. The first-order chi connectivity index (χ1) is 16.7. The normalized spacial score (nSPS) is 16.2. The topological polar surface area (TPSA) is 78.6 Å². The number of rotatable bonds is 6. The number of fused-ring (bicyclic) bond motifs is 1. The zero-order valence-electron chi connectivity index (χ0n) is 19.6. The summed E-state index contributed by atoms with van der Waals surface area (Å²) < 4.78 is 0. The lowest BCUT2D eigenvalue weighted by molar-refractivity contribution is 0.0982. The summed E-state index contributed by atoms with van der Waals surface area (Å²) in [4.78, 5) is 29.5. The first-order valence-electron chi connectivity index (χ1n) is 12.2. The molecule has 1 saturated heterocycles. The number of nitrogens with two attached hydrogens (primary N) is 1. The van der Waals surface area contributed by atoms with Crippen molar-refractivity contribution < 1.29 is 4.79 Å². The van der Waals surface area contributed by atoms with E-state index in [4.69, 9.17) is 5.73 Å². The number of carbonyl (C=O) groups excluding carboxylic acids is 1. The fraction of sp³-hybridized carbons (Fsp3) is 0.370. The number of nitrogens with zero attached hydrogens (tertiary/aromatic N) is 5. The highest BCUT2D eigenvalue weighted by Gasteiger charge is 2.26. The van der Waals surface area contributed by atoms with Gasteiger partial charge in [0.1, 0.15) is 12.1 Å². The maximum atomic E-state index is 13.7. The molecule has 1 aromatic heterocycles. The molecule has 1 aliphatic heterocycles. The zero-order chi connectivity index (χ0) is 23.3. The van der Waals surface area contributed by atoms with Gasteiger partial charge < -0.3 is 10.6 Å². The van der Waals surface area contributed by atoms with E-state index in [0.29, 0.717) is 17.8 Å². The lowest BCUT2D eigenvalue weighted by Crippen LogP contribution is -2.49. The molecule has 2 aromatic carbocycles. The Morgan fingerprint density at radius 2 is 1.65 bits per heavy atom. The van der Waals surface area contributed by atoms with Crippen LogP contribution in [0.3, 0.4) is 0 Å². The maximum Gasteiger partial charge on any atom is 0.259 e. The smallest absolute Gasteiger partial charge is 0.259 e. The molecule has 0 radical (unpaired) electrons. The number of carbonyl (C=O) groups is 1. The third-order valence-electron chi connectivity index (χ3n) is 6.89. The summed E-state index contributed by atoms with van der Waals surface area (Å²) >= 11 is 0. The van der Waals surface area contributed by atoms with E-state index in [-0.39, 0.29) is 5.91 Å². The molecule has 0 bridgehead atoms. The molecule has 1 aliphatic carbocycles. The lowest BCUT2D eigenvalue weighted by Gasteiger charge is -2.37. The highest BCUT2D eigenvalue weighted by molar-refractivity contribution is 6.06. The third-order valence-corrected chi connectivity index (χ3v) is 6.89. The van der Waals surface area contributed by atoms with Crippen LogP contribution in [0.15, 0.2) is 60.9 Å². The van der Waals surface area contributed by atoms with E-state index in [1.54, 1.807) is 30.6 Å². The maximum absolute atomic E-state index is 13.7. The molecule has 0 spiro atoms. The quantitative estimate of drug-likeness (QED) is 0.573. The average Bonchev–Trinajstić information content (AvgIpc) is 2.90. The van der Waals surface area contributed by atoms with Crippen molar-refractivity contribution >= 4 is 23.1 Å². The molecule has 7 nitrogen and oxygen atoms in total. The van der Waals surface area contributed by atoms with Crippen LogP contribution in [-0.2, 0) is 12.8 Å². The molecule has 2 heterocycles. The Balaban J connectivity index is 1.32. The fourth-order valence-electron chi connectivity index (χ4n) is 4.93. The number of hydrogen-bond donors (Lipinski definition) is 1. The minimum absolute atomic E-state index is 0.0330. The summed E-state index contributed by atoms with van der Waals surface area (Å²) in [5.41, 5.74) is 10.6. The Kier molecular flexibility index (Phi) is 6.72. The van der Waals surface area contributed by atoms with E-state index in [1.807, 2.05) is 4.90 Å². The Morgan fingerprint density at radius 3 is 2.41 bits per heavy atom. The molecule has 2 aliphatic rings. The second-order valence-electron chi connectivity index (χ2n) is 9.07. The van der Waals surface area contributed by atoms with Gasteiger partial charge in [0.2, 0.25) is 0 Å². The van der Waals surface area contributed by atoms with Gasteiger partial charge in [0.25, 0.3) is 5.91 Å². The predicted octanol–water partition coefficient (Wildman–Crippen LogP) is 3.41. The summed E-state index contributed by atoms with van der Waals surface area (Å²) in [5.74, 6) is 0.740. The molecule has 0 unspecified atom stereocenters. The molecule has 7 heteroatoms. The van der Waals surface area contributed by atoms with Crippen molar-refractivity contribution in [3.8, 4) is 0 Å². The Hall–Kier alpha value is -3.45. The molecule has 176 valence electrons. The monoisotopic (exact) mass is 456 g/mol. The highest BCUT2D eigenvalue weighted by atomic mass is 16.2. The number of piperazine rings is 1. The third kappa shape index (κ3) is 4.89. The number of amides is 1. The molecule has 0 atom stereocenters. The van der Waals surface area contributed by atoms with Gasteiger partial charge in [-0.15, -0.1) is 0 Å². The predicted molar refractivity (Wildman–Crippen MR) is 136 cm³/mol. The van der Waals surface area contributed by atoms with Gasteiger partial charge in [0, 0.05) is 67.5 Å². The Bertz CT molecular complexity index is 1110. The summed E-state index contributed by atoms with van der Waals surface area (Å²) in [6.45, 7) is 5.32. The number of aromatic nitrogens is 2. The van der Waals surface area contributed by atoms with Crippen molar-refractivity contribution in [2.45, 2.75) is 25.7 Å². The summed E-state index contributed by atoms with van der Waals surface area (Å²) in [7, 11) is 0. The number of hydrogen-bond acceptors (Lipinski definition) is 6. The van der Waals surface area contributed by atoms with Crippen LogP contribution in [0.4, 0.5) is 17.2 Å². The standard InChI is InChI=1S/C27H32N6O/c28-22-12-10-21(11-13-22)27(34)33(26-24-8-4-5-9-25(24)29-20-30-26)19-16-31-14-17-32(18-15-31)23-6-2-1-3-7-23/h1-3,6-7,10-13,20H,4-5,8-9,14-19,28H2. The summed E-state index contributed by atoms with van der Waals surface area (Å²) in [5, 5.41) is 0. The lowest BCUT2D eigenvalue weighted by atomic mass is 9.96. The zero-order valence-corrected chi connectivity index (χ0v) is 19.6. The molecule has 2 N–H and O–H groups in total. The van der Waals surface area contributed by atoms with E-state index in [9.17, 15) is 4.79 Å². The van der Waals surface area contributed by atoms with E-state index in [2.05, 4.69) is 50.1 Å². The van der Waals surface area contributed by atoms with Gasteiger partial charge >= 0.3 is 0 Å². The van der Waals surface area contributed by atoms with Crippen LogP contribution >= 0.6 is 0 Å². The van der Waals surface area contributed by atoms with Crippen LogP contribution in [-0.4, -0.2) is 60.0 Å². The molecule has 3 aromatic rings. The van der Waals surface area contributed by atoms with E-state index in [1.165, 1.54) is 5.69 Å². The van der Waals surface area contributed by atoms with Crippen molar-refractivity contribution in [1.82, 2.24) is 14.9 Å². The van der Waals surface area contributed by atoms with Gasteiger partial charge in [-0.2, -0.15) is 0 Å². The number of nitrogen functional groups attached to an aromatic ring is 1. The molecule has 5 rings (SSSR count). The van der Waals surface area contributed by atoms with Gasteiger partial charge in [0.05, 0.1) is 0 Å². The number of anilines is 3. The number of para-hydroxylation sites is 1. The van der Waals surface area contributed by atoms with Gasteiger partial charge in [-0.1, -0.05) is 18.2 Å². The van der Waals surface area contributed by atoms with Crippen LogP contribution in [0.25, 0.3) is 0 Å². The Labute approximate surface area is 201 Å². The molecular formula is C27H32N6O. The molecule has 1 fully saturated rings. The number of benzene rings is 2. The first-order valence-corrected chi connectivity index (χ1v) is 12.2. The summed E-state index contributed by atoms with van der Waals surface area (Å²) in [6, 6.07) is 17.7. The van der Waals surface area contributed by atoms with E-state index >= 15 is 0 Å². The molecule has 0 saturated carbocycles. The fourth-order valence-corrected chi connectivity index (χ4v) is 4.93. The minimum Gasteiger partial charge on any atom is -0.399 e. The van der Waals surface area contributed by atoms with Gasteiger partial charge in [-0.05, 0) is 62.1 Å². The average molecular weight is 457 g/mol. The SMILES string of the molecule is Nc1ccc(C(=O)N(CCN2CCN(c3ccccc3)CC2)c2ncnc3c2CCCC3)cc1.